The summed E-state index contributed by atoms with van der Waals surface area (Å²) in [6.07, 6.45) is -0.811. The molecule has 2 aromatic carbocycles. The van der Waals surface area contributed by atoms with E-state index in [1.54, 1.807) is 49.4 Å². The molecule has 2 rings (SSSR count). The number of aryl methyl sites for hydroxylation is 1. The smallest absolute Gasteiger partial charge is 0.347 e. The van der Waals surface area contributed by atoms with Gasteiger partial charge >= 0.3 is 5.97 Å². The fraction of sp³-hybridized carbons (Fsp3) is 0.222. The summed E-state index contributed by atoms with van der Waals surface area (Å²) >= 11 is 5.99. The molecule has 24 heavy (non-hydrogen) atoms. The first-order chi connectivity index (χ1) is 11.5. The summed E-state index contributed by atoms with van der Waals surface area (Å²) in [6.45, 7) is 3.03. The molecule has 1 N–H and O–H groups in total. The summed E-state index contributed by atoms with van der Waals surface area (Å²) in [5.41, 5.74) is 1.45. The third-order valence-corrected chi connectivity index (χ3v) is 3.60. The Hall–Kier alpha value is -2.53. The van der Waals surface area contributed by atoms with E-state index in [4.69, 9.17) is 21.1 Å². The minimum atomic E-state index is -0.811. The molecule has 0 aromatic heterocycles. The van der Waals surface area contributed by atoms with Crippen molar-refractivity contribution in [3.05, 3.63) is 59.1 Å². The van der Waals surface area contributed by atoms with Crippen molar-refractivity contribution < 1.29 is 19.1 Å². The van der Waals surface area contributed by atoms with Crippen LogP contribution in [0.3, 0.4) is 0 Å². The highest BCUT2D eigenvalue weighted by molar-refractivity contribution is 6.31. The van der Waals surface area contributed by atoms with Crippen LogP contribution in [0.4, 0.5) is 5.69 Å². The van der Waals surface area contributed by atoms with Crippen LogP contribution in [-0.2, 0) is 14.3 Å². The molecule has 6 heteroatoms. The van der Waals surface area contributed by atoms with Gasteiger partial charge in [0.25, 0.3) is 5.91 Å². The zero-order valence-electron chi connectivity index (χ0n) is 13.4. The minimum absolute atomic E-state index is 0.396. The van der Waals surface area contributed by atoms with Crippen LogP contribution in [0, 0.1) is 6.92 Å². The third kappa shape index (κ3) is 5.28. The Morgan fingerprint density at radius 1 is 1.17 bits per heavy atom. The standard InChI is InChI=1S/C18H18ClNO4/c1-12-8-9-14(10-16(12)19)20-17(21)11-23-18(22)13(2)24-15-6-4-3-5-7-15/h3-10,13H,11H2,1-2H3,(H,20,21)/t13-/m1/s1. The molecule has 0 spiro atoms. The van der Waals surface area contributed by atoms with E-state index in [0.29, 0.717) is 16.5 Å². The number of amides is 1. The molecule has 5 nitrogen and oxygen atoms in total. The lowest BCUT2D eigenvalue weighted by Crippen LogP contribution is -2.29. The van der Waals surface area contributed by atoms with Crippen LogP contribution in [-0.4, -0.2) is 24.6 Å². The number of nitrogens with one attached hydrogen (secondary N) is 1. The SMILES string of the molecule is Cc1ccc(NC(=O)COC(=O)[C@@H](C)Oc2ccccc2)cc1Cl. The fourth-order valence-electron chi connectivity index (χ4n) is 1.87. The molecule has 126 valence electrons. The Morgan fingerprint density at radius 2 is 1.88 bits per heavy atom. The van der Waals surface area contributed by atoms with E-state index in [2.05, 4.69) is 5.32 Å². The maximum absolute atomic E-state index is 11.9. The molecule has 2 aromatic rings. The van der Waals surface area contributed by atoms with Crippen LogP contribution >= 0.6 is 11.6 Å². The van der Waals surface area contributed by atoms with E-state index in [1.807, 2.05) is 13.0 Å². The number of hydrogen-bond donors (Lipinski definition) is 1. The third-order valence-electron chi connectivity index (χ3n) is 3.19. The Kier molecular flexibility index (Phi) is 6.21. The maximum atomic E-state index is 11.9. The molecule has 0 bridgehead atoms. The highest BCUT2D eigenvalue weighted by Crippen LogP contribution is 2.19. The predicted molar refractivity (Wildman–Crippen MR) is 92.3 cm³/mol. The van der Waals surface area contributed by atoms with E-state index in [9.17, 15) is 9.59 Å². The van der Waals surface area contributed by atoms with Crippen LogP contribution in [0.15, 0.2) is 48.5 Å². The second-order valence-electron chi connectivity index (χ2n) is 5.19. The van der Waals surface area contributed by atoms with Crippen molar-refractivity contribution in [1.29, 1.82) is 0 Å². The molecule has 0 radical (unpaired) electrons. The first-order valence-electron chi connectivity index (χ1n) is 7.40. The molecule has 0 fully saturated rings. The lowest BCUT2D eigenvalue weighted by atomic mass is 10.2. The summed E-state index contributed by atoms with van der Waals surface area (Å²) in [5, 5.41) is 3.16. The predicted octanol–water partition coefficient (Wildman–Crippen LogP) is 3.60. The molecule has 0 unspecified atom stereocenters. The van der Waals surface area contributed by atoms with Gasteiger partial charge in [0.05, 0.1) is 0 Å². The van der Waals surface area contributed by atoms with Gasteiger partial charge in [0.15, 0.2) is 12.7 Å². The highest BCUT2D eigenvalue weighted by Gasteiger charge is 2.17. The van der Waals surface area contributed by atoms with Crippen molar-refractivity contribution in [2.24, 2.45) is 0 Å². The van der Waals surface area contributed by atoms with Crippen molar-refractivity contribution in [3.63, 3.8) is 0 Å². The first kappa shape index (κ1) is 17.8. The van der Waals surface area contributed by atoms with Crippen molar-refractivity contribution in [3.8, 4) is 5.75 Å². The van der Waals surface area contributed by atoms with Crippen molar-refractivity contribution in [1.82, 2.24) is 0 Å². The number of ether oxygens (including phenoxy) is 2. The Morgan fingerprint density at radius 3 is 2.54 bits per heavy atom. The van der Waals surface area contributed by atoms with Crippen LogP contribution in [0.5, 0.6) is 5.75 Å². The summed E-state index contributed by atoms with van der Waals surface area (Å²) in [5.74, 6) is -0.508. The molecule has 0 aliphatic carbocycles. The van der Waals surface area contributed by atoms with Gasteiger partial charge in [-0.05, 0) is 43.7 Å². The molecule has 0 saturated heterocycles. The van der Waals surface area contributed by atoms with Gasteiger partial charge in [0.1, 0.15) is 5.75 Å². The van der Waals surface area contributed by atoms with Crippen LogP contribution in [0.25, 0.3) is 0 Å². The first-order valence-corrected chi connectivity index (χ1v) is 7.78. The van der Waals surface area contributed by atoms with Gasteiger partial charge in [0, 0.05) is 10.7 Å². The Bertz CT molecular complexity index is 718. The summed E-state index contributed by atoms with van der Waals surface area (Å²) in [6, 6.07) is 14.1. The summed E-state index contributed by atoms with van der Waals surface area (Å²) in [7, 11) is 0. The lowest BCUT2D eigenvalue weighted by molar-refractivity contribution is -0.153. The number of carbonyl (C=O) groups excluding carboxylic acids is 2. The maximum Gasteiger partial charge on any atom is 0.347 e. The number of rotatable bonds is 6. The van der Waals surface area contributed by atoms with Gasteiger partial charge in [-0.25, -0.2) is 4.79 Å². The van der Waals surface area contributed by atoms with E-state index in [1.165, 1.54) is 0 Å². The lowest BCUT2D eigenvalue weighted by Gasteiger charge is -2.14. The van der Waals surface area contributed by atoms with Gasteiger partial charge in [-0.15, -0.1) is 0 Å². The highest BCUT2D eigenvalue weighted by atomic mass is 35.5. The zero-order valence-corrected chi connectivity index (χ0v) is 14.2. The van der Waals surface area contributed by atoms with Gasteiger partial charge in [-0.3, -0.25) is 4.79 Å². The molecular formula is C18H18ClNO4. The van der Waals surface area contributed by atoms with Gasteiger partial charge in [0.2, 0.25) is 0 Å². The molecule has 0 aliphatic heterocycles. The minimum Gasteiger partial charge on any atom is -0.479 e. The average Bonchev–Trinajstić information content (AvgIpc) is 2.57. The van der Waals surface area contributed by atoms with E-state index >= 15 is 0 Å². The van der Waals surface area contributed by atoms with Crippen molar-refractivity contribution >= 4 is 29.2 Å². The molecule has 0 heterocycles. The number of benzene rings is 2. The van der Waals surface area contributed by atoms with Gasteiger partial charge < -0.3 is 14.8 Å². The molecule has 1 atom stereocenters. The molecule has 0 aliphatic rings. The molecule has 0 saturated carbocycles. The van der Waals surface area contributed by atoms with Crippen molar-refractivity contribution in [2.45, 2.75) is 20.0 Å². The second kappa shape index (κ2) is 8.36. The van der Waals surface area contributed by atoms with Gasteiger partial charge in [-0.1, -0.05) is 35.9 Å². The van der Waals surface area contributed by atoms with E-state index in [-0.39, 0.29) is 0 Å². The monoisotopic (exact) mass is 347 g/mol. The number of halogens is 1. The number of carbonyl (C=O) groups is 2. The average molecular weight is 348 g/mol. The van der Waals surface area contributed by atoms with E-state index in [0.717, 1.165) is 5.56 Å². The Labute approximate surface area is 145 Å². The second-order valence-corrected chi connectivity index (χ2v) is 5.60. The van der Waals surface area contributed by atoms with Crippen LogP contribution < -0.4 is 10.1 Å². The van der Waals surface area contributed by atoms with E-state index < -0.39 is 24.6 Å². The van der Waals surface area contributed by atoms with Crippen molar-refractivity contribution in [2.75, 3.05) is 11.9 Å². The quantitative estimate of drug-likeness (QED) is 0.811. The van der Waals surface area contributed by atoms with Gasteiger partial charge in [-0.2, -0.15) is 0 Å². The van der Waals surface area contributed by atoms with Crippen LogP contribution in [0.2, 0.25) is 5.02 Å². The Balaban J connectivity index is 1.80. The zero-order chi connectivity index (χ0) is 17.5. The number of para-hydroxylation sites is 1. The topological polar surface area (TPSA) is 64.6 Å². The largest absolute Gasteiger partial charge is 0.479 e. The number of esters is 1. The summed E-state index contributed by atoms with van der Waals surface area (Å²) < 4.78 is 10.4. The van der Waals surface area contributed by atoms with Crippen LogP contribution in [0.1, 0.15) is 12.5 Å². The normalized spacial score (nSPS) is 11.5. The fourth-order valence-corrected chi connectivity index (χ4v) is 2.05. The number of anilines is 1. The summed E-state index contributed by atoms with van der Waals surface area (Å²) in [4.78, 5) is 23.7. The molecule has 1 amide bonds. The number of hydrogen-bond acceptors (Lipinski definition) is 4. The molecular weight excluding hydrogens is 330 g/mol.